The molecule has 0 spiro atoms. The lowest BCUT2D eigenvalue weighted by molar-refractivity contribution is -0.139. The van der Waals surface area contributed by atoms with Gasteiger partial charge >= 0.3 is 0 Å². The third-order valence-electron chi connectivity index (χ3n) is 5.66. The maximum Gasteiger partial charge on any atom is 0.267 e. The molecular formula is C22H23N3O4. The van der Waals surface area contributed by atoms with Crippen LogP contribution in [0.25, 0.3) is 16.5 Å². The highest BCUT2D eigenvalue weighted by molar-refractivity contribution is 6.02. The van der Waals surface area contributed by atoms with Gasteiger partial charge in [0.15, 0.2) is 0 Å². The van der Waals surface area contributed by atoms with Crippen LogP contribution in [0.2, 0.25) is 0 Å². The number of primary amides is 1. The number of aromatic nitrogens is 1. The minimum absolute atomic E-state index is 0.158. The molecule has 2 aliphatic rings. The van der Waals surface area contributed by atoms with Crippen LogP contribution in [0.5, 0.6) is 0 Å². The van der Waals surface area contributed by atoms with Crippen LogP contribution in [0, 0.1) is 0 Å². The molecule has 7 heteroatoms. The first kappa shape index (κ1) is 19.3. The van der Waals surface area contributed by atoms with E-state index in [1.807, 2.05) is 18.2 Å². The summed E-state index contributed by atoms with van der Waals surface area (Å²) in [6, 6.07) is 7.41. The van der Waals surface area contributed by atoms with Crippen LogP contribution in [0.1, 0.15) is 53.7 Å². The van der Waals surface area contributed by atoms with Crippen molar-refractivity contribution in [1.29, 1.82) is 0 Å². The molecule has 1 saturated heterocycles. The largest absolute Gasteiger partial charge is 0.381 e. The smallest absolute Gasteiger partial charge is 0.267 e. The fraction of sp³-hybridized carbons (Fsp3) is 0.364. The Bertz CT molecular complexity index is 1030. The van der Waals surface area contributed by atoms with E-state index in [2.05, 4.69) is 11.1 Å². The van der Waals surface area contributed by atoms with Crippen molar-refractivity contribution < 1.29 is 19.1 Å². The molecule has 1 fully saturated rings. The number of imide groups is 1. The predicted octanol–water partition coefficient (Wildman–Crippen LogP) is 2.57. The van der Waals surface area contributed by atoms with Crippen LogP contribution < -0.4 is 5.73 Å². The van der Waals surface area contributed by atoms with E-state index < -0.39 is 5.91 Å². The first-order valence-corrected chi connectivity index (χ1v) is 9.75. The van der Waals surface area contributed by atoms with Crippen molar-refractivity contribution in [2.45, 2.75) is 44.8 Å². The monoisotopic (exact) mass is 393 g/mol. The molecule has 1 aliphatic carbocycles. The standard InChI is InChI=1S/C22H23N3O4/c1-29-15-5-3-14(4-6-15)17-11-19(22(23)28)24-18-10-13(2-7-16(17)18)12-25-20(26)8-9-21(25)27/h2-3,7,10-11,15H,4-6,8-9,12H2,1H3,(H2,23,28). The van der Waals surface area contributed by atoms with Crippen LogP contribution in [-0.2, 0) is 20.9 Å². The second-order valence-corrected chi connectivity index (χ2v) is 7.51. The number of nitrogens with two attached hydrogens (primary N) is 1. The minimum Gasteiger partial charge on any atom is -0.381 e. The average Bonchev–Trinajstić information content (AvgIpc) is 3.04. The number of fused-ring (bicyclic) bond motifs is 1. The molecule has 0 saturated carbocycles. The number of ether oxygens (including phenoxy) is 1. The first-order valence-electron chi connectivity index (χ1n) is 9.75. The van der Waals surface area contributed by atoms with E-state index >= 15 is 0 Å². The molecule has 2 N–H and O–H groups in total. The number of benzene rings is 1. The summed E-state index contributed by atoms with van der Waals surface area (Å²) < 4.78 is 5.43. The third kappa shape index (κ3) is 3.78. The van der Waals surface area contributed by atoms with Crippen molar-refractivity contribution in [3.63, 3.8) is 0 Å². The number of carbonyl (C=O) groups is 3. The Balaban J connectivity index is 1.74. The number of likely N-dealkylation sites (tertiary alicyclic amines) is 1. The maximum absolute atomic E-state index is 11.9. The van der Waals surface area contributed by atoms with Gasteiger partial charge in [0, 0.05) is 25.3 Å². The van der Waals surface area contributed by atoms with Crippen molar-refractivity contribution in [3.8, 4) is 0 Å². The summed E-state index contributed by atoms with van der Waals surface area (Å²) >= 11 is 0. The Morgan fingerprint density at radius 3 is 2.59 bits per heavy atom. The van der Waals surface area contributed by atoms with Crippen molar-refractivity contribution in [2.75, 3.05) is 7.11 Å². The first-order chi connectivity index (χ1) is 14.0. The summed E-state index contributed by atoms with van der Waals surface area (Å²) in [5.41, 5.74) is 9.22. The number of allylic oxidation sites excluding steroid dienone is 1. The van der Waals surface area contributed by atoms with Gasteiger partial charge in [-0.15, -0.1) is 0 Å². The van der Waals surface area contributed by atoms with Gasteiger partial charge in [-0.25, -0.2) is 4.98 Å². The molecular weight excluding hydrogens is 370 g/mol. The molecule has 1 aromatic carbocycles. The number of hydrogen-bond donors (Lipinski definition) is 1. The van der Waals surface area contributed by atoms with E-state index in [-0.39, 0.29) is 43.0 Å². The molecule has 1 atom stereocenters. The summed E-state index contributed by atoms with van der Waals surface area (Å²) in [7, 11) is 1.72. The van der Waals surface area contributed by atoms with Gasteiger partial charge in [0.2, 0.25) is 11.8 Å². The minimum atomic E-state index is -0.588. The summed E-state index contributed by atoms with van der Waals surface area (Å²) in [6.45, 7) is 0.212. The van der Waals surface area contributed by atoms with E-state index in [1.54, 1.807) is 13.2 Å². The highest BCUT2D eigenvalue weighted by Crippen LogP contribution is 2.33. The maximum atomic E-state index is 11.9. The lowest BCUT2D eigenvalue weighted by atomic mass is 9.89. The van der Waals surface area contributed by atoms with Crippen LogP contribution >= 0.6 is 0 Å². The van der Waals surface area contributed by atoms with E-state index in [0.29, 0.717) is 5.52 Å². The molecule has 29 heavy (non-hydrogen) atoms. The fourth-order valence-electron chi connectivity index (χ4n) is 4.01. The van der Waals surface area contributed by atoms with E-state index in [9.17, 15) is 14.4 Å². The lowest BCUT2D eigenvalue weighted by Crippen LogP contribution is -2.28. The second kappa shape index (κ2) is 7.75. The number of nitrogens with zero attached hydrogens (tertiary/aromatic N) is 2. The van der Waals surface area contributed by atoms with Gasteiger partial charge in [-0.3, -0.25) is 19.3 Å². The summed E-state index contributed by atoms with van der Waals surface area (Å²) in [4.78, 5) is 41.4. The molecule has 7 nitrogen and oxygen atoms in total. The molecule has 0 bridgehead atoms. The zero-order valence-electron chi connectivity index (χ0n) is 16.3. The van der Waals surface area contributed by atoms with Gasteiger partial charge in [0.25, 0.3) is 5.91 Å². The van der Waals surface area contributed by atoms with Crippen LogP contribution in [0.15, 0.2) is 30.3 Å². The molecule has 1 unspecified atom stereocenters. The van der Waals surface area contributed by atoms with Gasteiger partial charge in [-0.05, 0) is 48.1 Å². The van der Waals surface area contributed by atoms with E-state index in [1.165, 1.54) is 4.90 Å². The Kier molecular flexibility index (Phi) is 5.15. The van der Waals surface area contributed by atoms with E-state index in [4.69, 9.17) is 10.5 Å². The van der Waals surface area contributed by atoms with Crippen LogP contribution in [0.3, 0.4) is 0 Å². The highest BCUT2D eigenvalue weighted by atomic mass is 16.5. The number of carbonyl (C=O) groups excluding carboxylic acids is 3. The molecule has 1 aliphatic heterocycles. The van der Waals surface area contributed by atoms with Crippen molar-refractivity contribution >= 4 is 34.2 Å². The van der Waals surface area contributed by atoms with Crippen molar-refractivity contribution in [2.24, 2.45) is 5.73 Å². The van der Waals surface area contributed by atoms with Crippen molar-refractivity contribution in [3.05, 3.63) is 47.2 Å². The van der Waals surface area contributed by atoms with Gasteiger partial charge in [-0.2, -0.15) is 0 Å². The average molecular weight is 393 g/mol. The SMILES string of the molecule is COC1CC=C(c2cc(C(N)=O)nc3cc(CN4C(=O)CCC4=O)ccc23)CC1. The zero-order valence-corrected chi connectivity index (χ0v) is 16.3. The van der Waals surface area contributed by atoms with Crippen molar-refractivity contribution in [1.82, 2.24) is 9.88 Å². The van der Waals surface area contributed by atoms with Gasteiger partial charge in [0.05, 0.1) is 18.2 Å². The Morgan fingerprint density at radius 1 is 1.21 bits per heavy atom. The van der Waals surface area contributed by atoms with Gasteiger partial charge in [0.1, 0.15) is 5.69 Å². The number of amides is 3. The van der Waals surface area contributed by atoms with E-state index in [0.717, 1.165) is 41.3 Å². The molecule has 0 radical (unpaired) electrons. The topological polar surface area (TPSA) is 103 Å². The normalized spacial score (nSPS) is 19.7. The molecule has 4 rings (SSSR count). The predicted molar refractivity (Wildman–Crippen MR) is 108 cm³/mol. The molecule has 3 amide bonds. The zero-order chi connectivity index (χ0) is 20.5. The summed E-state index contributed by atoms with van der Waals surface area (Å²) in [5.74, 6) is -0.904. The summed E-state index contributed by atoms with van der Waals surface area (Å²) in [5, 5.41) is 0.917. The third-order valence-corrected chi connectivity index (χ3v) is 5.66. The quantitative estimate of drug-likeness (QED) is 0.787. The van der Waals surface area contributed by atoms with Gasteiger partial charge < -0.3 is 10.5 Å². The highest BCUT2D eigenvalue weighted by Gasteiger charge is 2.29. The molecule has 2 aromatic rings. The Labute approximate surface area is 168 Å². The number of hydrogen-bond acceptors (Lipinski definition) is 5. The number of pyridine rings is 1. The van der Waals surface area contributed by atoms with Crippen LogP contribution in [-0.4, -0.2) is 40.8 Å². The Morgan fingerprint density at radius 2 is 1.97 bits per heavy atom. The summed E-state index contributed by atoms with van der Waals surface area (Å²) in [6.07, 6.45) is 5.45. The Hall–Kier alpha value is -3.06. The van der Waals surface area contributed by atoms with Gasteiger partial charge in [-0.1, -0.05) is 18.2 Å². The molecule has 2 heterocycles. The lowest BCUT2D eigenvalue weighted by Gasteiger charge is -2.22. The fourth-order valence-corrected chi connectivity index (χ4v) is 4.01. The van der Waals surface area contributed by atoms with Crippen LogP contribution in [0.4, 0.5) is 0 Å². The molecule has 1 aromatic heterocycles. The second-order valence-electron chi connectivity index (χ2n) is 7.51. The number of rotatable bonds is 5. The number of methoxy groups -OCH3 is 1. The molecule has 150 valence electrons.